The molecule has 2 aromatic carbocycles. The Morgan fingerprint density at radius 1 is 0.842 bits per heavy atom. The summed E-state index contributed by atoms with van der Waals surface area (Å²) in [5.41, 5.74) is -0.432. The maximum absolute atomic E-state index is 9.15. The fourth-order valence-corrected chi connectivity index (χ4v) is 1.62. The maximum Gasteiger partial charge on any atom is 0.175 e. The Bertz CT molecular complexity index is 510. The minimum atomic E-state index is -0.432. The maximum atomic E-state index is 9.15. The van der Waals surface area contributed by atoms with Crippen molar-refractivity contribution in [1.29, 1.82) is 0 Å². The second-order valence-electron chi connectivity index (χ2n) is 3.87. The standard InChI is InChI=1S/C14H14O4S/c15-10-1-5-12(6-2-10)17-9-14(19)18-13-7-3-11(16)4-8-13/h1-8,14-16,19H,9H2/t14-/m1/s1. The molecule has 0 radical (unpaired) electrons. The molecule has 0 aliphatic heterocycles. The van der Waals surface area contributed by atoms with Crippen molar-refractivity contribution < 1.29 is 19.7 Å². The fourth-order valence-electron chi connectivity index (χ4n) is 1.43. The van der Waals surface area contributed by atoms with Crippen LogP contribution in [0.15, 0.2) is 48.5 Å². The number of rotatable bonds is 5. The number of hydrogen-bond acceptors (Lipinski definition) is 5. The molecule has 4 nitrogen and oxygen atoms in total. The highest BCUT2D eigenvalue weighted by Gasteiger charge is 2.06. The van der Waals surface area contributed by atoms with Gasteiger partial charge in [-0.15, -0.1) is 12.6 Å². The van der Waals surface area contributed by atoms with Gasteiger partial charge >= 0.3 is 0 Å². The molecule has 0 bridgehead atoms. The van der Waals surface area contributed by atoms with Crippen LogP contribution < -0.4 is 9.47 Å². The van der Waals surface area contributed by atoms with Gasteiger partial charge < -0.3 is 19.7 Å². The first-order valence-electron chi connectivity index (χ1n) is 5.69. The van der Waals surface area contributed by atoms with E-state index in [1.165, 1.54) is 12.1 Å². The third kappa shape index (κ3) is 4.30. The summed E-state index contributed by atoms with van der Waals surface area (Å²) in [7, 11) is 0. The summed E-state index contributed by atoms with van der Waals surface area (Å²) in [6.07, 6.45) is 0. The van der Waals surface area contributed by atoms with Gasteiger partial charge in [-0.1, -0.05) is 0 Å². The first-order valence-corrected chi connectivity index (χ1v) is 6.21. The van der Waals surface area contributed by atoms with E-state index in [4.69, 9.17) is 19.7 Å². The molecule has 0 saturated carbocycles. The van der Waals surface area contributed by atoms with Gasteiger partial charge in [0.1, 0.15) is 29.6 Å². The van der Waals surface area contributed by atoms with Crippen LogP contribution in [0.2, 0.25) is 0 Å². The number of aromatic hydroxyl groups is 2. The van der Waals surface area contributed by atoms with Crippen LogP contribution >= 0.6 is 12.6 Å². The smallest absolute Gasteiger partial charge is 0.175 e. The normalized spacial score (nSPS) is 11.8. The van der Waals surface area contributed by atoms with E-state index in [-0.39, 0.29) is 18.1 Å². The Kier molecular flexibility index (Phi) is 4.41. The van der Waals surface area contributed by atoms with Crippen LogP contribution in [0.3, 0.4) is 0 Å². The summed E-state index contributed by atoms with van der Waals surface area (Å²) in [5, 5.41) is 18.3. The van der Waals surface area contributed by atoms with E-state index in [2.05, 4.69) is 12.6 Å². The summed E-state index contributed by atoms with van der Waals surface area (Å²) in [6, 6.07) is 12.8. The molecule has 1 atom stereocenters. The van der Waals surface area contributed by atoms with Crippen molar-refractivity contribution in [3.63, 3.8) is 0 Å². The molecule has 2 rings (SSSR count). The Morgan fingerprint density at radius 3 is 1.84 bits per heavy atom. The highest BCUT2D eigenvalue weighted by atomic mass is 32.1. The first-order chi connectivity index (χ1) is 9.13. The van der Waals surface area contributed by atoms with E-state index in [9.17, 15) is 0 Å². The molecule has 2 N–H and O–H groups in total. The summed E-state index contributed by atoms with van der Waals surface area (Å²) in [4.78, 5) is 0. The van der Waals surface area contributed by atoms with E-state index < -0.39 is 5.44 Å². The summed E-state index contributed by atoms with van der Waals surface area (Å²) in [6.45, 7) is 0.259. The number of hydrogen-bond donors (Lipinski definition) is 3. The SMILES string of the molecule is Oc1ccc(OC[C@@H](S)Oc2ccc(O)cc2)cc1. The Morgan fingerprint density at radius 2 is 1.32 bits per heavy atom. The molecule has 0 aliphatic carbocycles. The van der Waals surface area contributed by atoms with Crippen molar-refractivity contribution in [2.45, 2.75) is 5.44 Å². The fraction of sp³-hybridized carbons (Fsp3) is 0.143. The van der Waals surface area contributed by atoms with E-state index in [0.29, 0.717) is 11.5 Å². The average Bonchev–Trinajstić information content (AvgIpc) is 2.41. The summed E-state index contributed by atoms with van der Waals surface area (Å²) < 4.78 is 11.0. The summed E-state index contributed by atoms with van der Waals surface area (Å²) in [5.74, 6) is 1.61. The third-order valence-electron chi connectivity index (χ3n) is 2.34. The molecule has 0 saturated heterocycles. The molecule has 0 aromatic heterocycles. The van der Waals surface area contributed by atoms with Crippen molar-refractivity contribution >= 4 is 12.6 Å². The van der Waals surface area contributed by atoms with Gasteiger partial charge in [0.15, 0.2) is 5.44 Å². The van der Waals surface area contributed by atoms with Crippen molar-refractivity contribution in [3.8, 4) is 23.0 Å². The van der Waals surface area contributed by atoms with Crippen molar-refractivity contribution in [2.75, 3.05) is 6.61 Å². The Labute approximate surface area is 116 Å². The molecule has 0 spiro atoms. The van der Waals surface area contributed by atoms with Gasteiger partial charge in [-0.25, -0.2) is 0 Å². The van der Waals surface area contributed by atoms with E-state index >= 15 is 0 Å². The van der Waals surface area contributed by atoms with Crippen LogP contribution in [0.25, 0.3) is 0 Å². The molecule has 0 aliphatic rings. The largest absolute Gasteiger partial charge is 0.508 e. The van der Waals surface area contributed by atoms with Crippen LogP contribution in [0, 0.1) is 0 Å². The zero-order valence-electron chi connectivity index (χ0n) is 10.1. The molecular weight excluding hydrogens is 264 g/mol. The predicted octanol–water partition coefficient (Wildman–Crippen LogP) is 2.81. The van der Waals surface area contributed by atoms with Crippen molar-refractivity contribution in [2.24, 2.45) is 0 Å². The molecular formula is C14H14O4S. The number of phenols is 2. The second-order valence-corrected chi connectivity index (χ2v) is 4.45. The molecule has 5 heteroatoms. The monoisotopic (exact) mass is 278 g/mol. The van der Waals surface area contributed by atoms with E-state index in [0.717, 1.165) is 0 Å². The minimum Gasteiger partial charge on any atom is -0.508 e. The quantitative estimate of drug-likeness (QED) is 0.581. The van der Waals surface area contributed by atoms with E-state index in [1.807, 2.05) is 0 Å². The second kappa shape index (κ2) is 6.24. The van der Waals surface area contributed by atoms with Crippen LogP contribution in [0.5, 0.6) is 23.0 Å². The van der Waals surface area contributed by atoms with Gasteiger partial charge in [-0.2, -0.15) is 0 Å². The Hall–Kier alpha value is -2.01. The van der Waals surface area contributed by atoms with Crippen LogP contribution in [-0.2, 0) is 0 Å². The molecule has 0 heterocycles. The van der Waals surface area contributed by atoms with Crippen molar-refractivity contribution in [1.82, 2.24) is 0 Å². The minimum absolute atomic E-state index is 0.184. The lowest BCUT2D eigenvalue weighted by atomic mass is 10.3. The molecule has 2 aromatic rings. The predicted molar refractivity (Wildman–Crippen MR) is 75.1 cm³/mol. The number of phenolic OH excluding ortho intramolecular Hbond substituents is 2. The molecule has 19 heavy (non-hydrogen) atoms. The average molecular weight is 278 g/mol. The van der Waals surface area contributed by atoms with Crippen molar-refractivity contribution in [3.05, 3.63) is 48.5 Å². The lowest BCUT2D eigenvalue weighted by Crippen LogP contribution is -2.18. The lowest BCUT2D eigenvalue weighted by molar-refractivity contribution is 0.194. The molecule has 100 valence electrons. The van der Waals surface area contributed by atoms with Crippen LogP contribution in [0.1, 0.15) is 0 Å². The topological polar surface area (TPSA) is 58.9 Å². The van der Waals surface area contributed by atoms with Gasteiger partial charge in [-0.3, -0.25) is 0 Å². The molecule has 0 amide bonds. The van der Waals surface area contributed by atoms with Gasteiger partial charge in [0.2, 0.25) is 0 Å². The van der Waals surface area contributed by atoms with Gasteiger partial charge in [0.25, 0.3) is 0 Å². The number of thiol groups is 1. The zero-order valence-corrected chi connectivity index (χ0v) is 11.0. The highest BCUT2D eigenvalue weighted by molar-refractivity contribution is 7.80. The zero-order chi connectivity index (χ0) is 13.7. The third-order valence-corrected chi connectivity index (χ3v) is 2.59. The Balaban J connectivity index is 1.82. The summed E-state index contributed by atoms with van der Waals surface area (Å²) >= 11 is 4.26. The molecule has 0 fully saturated rings. The van der Waals surface area contributed by atoms with Gasteiger partial charge in [0.05, 0.1) is 0 Å². The molecule has 0 unspecified atom stereocenters. The van der Waals surface area contributed by atoms with Gasteiger partial charge in [0, 0.05) is 0 Å². The first kappa shape index (κ1) is 13.4. The lowest BCUT2D eigenvalue weighted by Gasteiger charge is -2.15. The van der Waals surface area contributed by atoms with Gasteiger partial charge in [-0.05, 0) is 48.5 Å². The van der Waals surface area contributed by atoms with E-state index in [1.54, 1.807) is 36.4 Å². The van der Waals surface area contributed by atoms with Crippen LogP contribution in [-0.4, -0.2) is 22.3 Å². The number of benzene rings is 2. The van der Waals surface area contributed by atoms with Crippen LogP contribution in [0.4, 0.5) is 0 Å². The highest BCUT2D eigenvalue weighted by Crippen LogP contribution is 2.19. The number of ether oxygens (including phenoxy) is 2.